The average Bonchev–Trinajstić information content (AvgIpc) is 2.39. The molecule has 0 spiro atoms. The van der Waals surface area contributed by atoms with Crippen molar-refractivity contribution in [1.29, 1.82) is 0 Å². The quantitative estimate of drug-likeness (QED) is 0.635. The fourth-order valence-corrected chi connectivity index (χ4v) is 2.19. The molecule has 86 valence electrons. The molecule has 0 bridgehead atoms. The highest BCUT2D eigenvalue weighted by Crippen LogP contribution is 2.23. The summed E-state index contributed by atoms with van der Waals surface area (Å²) in [6, 6.07) is 5.72. The summed E-state index contributed by atoms with van der Waals surface area (Å²) in [7, 11) is 0. The molecule has 0 unspecified atom stereocenters. The Morgan fingerprint density at radius 3 is 2.94 bits per heavy atom. The van der Waals surface area contributed by atoms with E-state index in [1.54, 1.807) is 6.20 Å². The lowest BCUT2D eigenvalue weighted by Gasteiger charge is -2.13. The molecule has 0 amide bonds. The molecule has 4 heteroatoms. The van der Waals surface area contributed by atoms with Crippen molar-refractivity contribution in [3.05, 3.63) is 47.8 Å². The molecule has 2 nitrogen and oxygen atoms in total. The van der Waals surface area contributed by atoms with Crippen molar-refractivity contribution in [1.82, 2.24) is 4.98 Å². The molecule has 1 heterocycles. The SMILES string of the molecule is O=C(CBr)C1=CC(c2ccccn2)=CCC1=S. The minimum Gasteiger partial charge on any atom is -0.293 e. The second-order valence-electron chi connectivity index (χ2n) is 3.62. The van der Waals surface area contributed by atoms with Crippen LogP contribution in [0.3, 0.4) is 0 Å². The number of allylic oxidation sites excluding steroid dienone is 4. The van der Waals surface area contributed by atoms with Crippen LogP contribution in [0.5, 0.6) is 0 Å². The molecular weight excluding hydrogens is 298 g/mol. The van der Waals surface area contributed by atoms with Crippen LogP contribution < -0.4 is 0 Å². The van der Waals surface area contributed by atoms with Crippen molar-refractivity contribution in [2.45, 2.75) is 6.42 Å². The van der Waals surface area contributed by atoms with Crippen molar-refractivity contribution in [3.8, 4) is 0 Å². The second-order valence-corrected chi connectivity index (χ2v) is 4.67. The van der Waals surface area contributed by atoms with E-state index in [2.05, 4.69) is 20.9 Å². The molecule has 17 heavy (non-hydrogen) atoms. The van der Waals surface area contributed by atoms with E-state index < -0.39 is 0 Å². The van der Waals surface area contributed by atoms with Gasteiger partial charge in [-0.3, -0.25) is 9.78 Å². The summed E-state index contributed by atoms with van der Waals surface area (Å²) in [5, 5.41) is 0.300. The predicted molar refractivity (Wildman–Crippen MR) is 76.3 cm³/mol. The van der Waals surface area contributed by atoms with Crippen molar-refractivity contribution in [2.75, 3.05) is 5.33 Å². The second kappa shape index (κ2) is 5.47. The van der Waals surface area contributed by atoms with Gasteiger partial charge in [0.2, 0.25) is 0 Å². The molecule has 1 aliphatic rings. The number of alkyl halides is 1. The van der Waals surface area contributed by atoms with Gasteiger partial charge in [-0.15, -0.1) is 0 Å². The summed E-state index contributed by atoms with van der Waals surface area (Å²) in [4.78, 5) is 16.7. The first-order valence-electron chi connectivity index (χ1n) is 5.18. The van der Waals surface area contributed by atoms with E-state index >= 15 is 0 Å². The molecule has 0 aromatic carbocycles. The monoisotopic (exact) mass is 307 g/mol. The van der Waals surface area contributed by atoms with E-state index in [9.17, 15) is 4.79 Å². The van der Waals surface area contributed by atoms with Crippen LogP contribution in [0, 0.1) is 0 Å². The highest BCUT2D eigenvalue weighted by Gasteiger charge is 2.17. The molecule has 0 N–H and O–H groups in total. The predicted octanol–water partition coefficient (Wildman–Crippen LogP) is 3.13. The van der Waals surface area contributed by atoms with Crippen molar-refractivity contribution >= 4 is 44.4 Å². The molecule has 2 rings (SSSR count). The first-order chi connectivity index (χ1) is 8.22. The number of halogens is 1. The van der Waals surface area contributed by atoms with Crippen LogP contribution in [0.1, 0.15) is 12.1 Å². The minimum atomic E-state index is 0.0246. The third-order valence-corrected chi connectivity index (χ3v) is 3.39. The molecule has 0 radical (unpaired) electrons. The Morgan fingerprint density at radius 2 is 2.29 bits per heavy atom. The van der Waals surface area contributed by atoms with Gasteiger partial charge in [0.15, 0.2) is 5.78 Å². The lowest BCUT2D eigenvalue weighted by Crippen LogP contribution is -2.14. The number of hydrogen-bond acceptors (Lipinski definition) is 3. The molecule has 1 aromatic heterocycles. The number of rotatable bonds is 3. The number of thiocarbonyl (C=S) groups is 1. The Bertz CT molecular complexity index is 519. The van der Waals surface area contributed by atoms with Gasteiger partial charge in [0.25, 0.3) is 0 Å². The summed E-state index contributed by atoms with van der Waals surface area (Å²) < 4.78 is 0. The van der Waals surface area contributed by atoms with Gasteiger partial charge in [-0.05, 0) is 23.8 Å². The Kier molecular flexibility index (Phi) is 3.97. The molecule has 1 aromatic rings. The third kappa shape index (κ3) is 2.76. The number of aromatic nitrogens is 1. The number of hydrogen-bond donors (Lipinski definition) is 0. The van der Waals surface area contributed by atoms with Gasteiger partial charge in [-0.2, -0.15) is 0 Å². The van der Waals surface area contributed by atoms with Gasteiger partial charge in [0, 0.05) is 23.1 Å². The summed E-state index contributed by atoms with van der Waals surface area (Å²) in [6.07, 6.45) is 6.21. The van der Waals surface area contributed by atoms with E-state index in [4.69, 9.17) is 12.2 Å². The van der Waals surface area contributed by atoms with Gasteiger partial charge < -0.3 is 0 Å². The molecule has 0 atom stereocenters. The zero-order valence-electron chi connectivity index (χ0n) is 9.02. The Balaban J connectivity index is 2.36. The summed E-state index contributed by atoms with van der Waals surface area (Å²) in [5.74, 6) is 0.0246. The average molecular weight is 308 g/mol. The zero-order valence-corrected chi connectivity index (χ0v) is 11.4. The van der Waals surface area contributed by atoms with Crippen LogP contribution in [-0.2, 0) is 4.79 Å². The van der Waals surface area contributed by atoms with Crippen LogP contribution in [0.4, 0.5) is 0 Å². The normalized spacial score (nSPS) is 15.2. The van der Waals surface area contributed by atoms with Crippen LogP contribution >= 0.6 is 28.1 Å². The van der Waals surface area contributed by atoms with E-state index in [0.717, 1.165) is 11.3 Å². The first-order valence-corrected chi connectivity index (χ1v) is 6.71. The van der Waals surface area contributed by atoms with Crippen LogP contribution in [0.2, 0.25) is 0 Å². The lowest BCUT2D eigenvalue weighted by atomic mass is 9.95. The molecule has 0 fully saturated rings. The molecule has 0 saturated heterocycles. The van der Waals surface area contributed by atoms with E-state index in [1.807, 2.05) is 30.4 Å². The Labute approximate surface area is 114 Å². The zero-order chi connectivity index (χ0) is 12.3. The van der Waals surface area contributed by atoms with Gasteiger partial charge in [0.1, 0.15) is 0 Å². The maximum Gasteiger partial charge on any atom is 0.174 e. The minimum absolute atomic E-state index is 0.0246. The number of carbonyl (C=O) groups excluding carboxylic acids is 1. The summed E-state index contributed by atoms with van der Waals surface area (Å²) in [5.41, 5.74) is 2.46. The highest BCUT2D eigenvalue weighted by molar-refractivity contribution is 9.09. The highest BCUT2D eigenvalue weighted by atomic mass is 79.9. The number of pyridine rings is 1. The van der Waals surface area contributed by atoms with Crippen molar-refractivity contribution in [3.63, 3.8) is 0 Å². The topological polar surface area (TPSA) is 30.0 Å². The Hall–Kier alpha value is -1.13. The summed E-state index contributed by atoms with van der Waals surface area (Å²) >= 11 is 8.37. The van der Waals surface area contributed by atoms with Crippen LogP contribution in [0.15, 0.2) is 42.1 Å². The summed E-state index contributed by atoms with van der Waals surface area (Å²) in [6.45, 7) is 0. The van der Waals surface area contributed by atoms with Crippen LogP contribution in [0.25, 0.3) is 5.57 Å². The molecule has 1 aliphatic carbocycles. The number of ketones is 1. The fraction of sp³-hybridized carbons (Fsp3) is 0.154. The van der Waals surface area contributed by atoms with Crippen molar-refractivity contribution < 1.29 is 4.79 Å². The van der Waals surface area contributed by atoms with Gasteiger partial charge in [-0.25, -0.2) is 0 Å². The fourth-order valence-electron chi connectivity index (χ4n) is 1.63. The number of nitrogens with zero attached hydrogens (tertiary/aromatic N) is 1. The number of carbonyl (C=O) groups is 1. The largest absolute Gasteiger partial charge is 0.293 e. The van der Waals surface area contributed by atoms with Crippen LogP contribution in [-0.4, -0.2) is 21.0 Å². The standard InChI is InChI=1S/C13H10BrNOS/c14-8-12(16)10-7-9(4-5-13(10)17)11-3-1-2-6-15-11/h1-4,6-7H,5,8H2. The maximum atomic E-state index is 11.7. The smallest absolute Gasteiger partial charge is 0.174 e. The van der Waals surface area contributed by atoms with E-state index in [0.29, 0.717) is 22.2 Å². The van der Waals surface area contributed by atoms with Gasteiger partial charge in [0.05, 0.1) is 11.0 Å². The van der Waals surface area contributed by atoms with Gasteiger partial charge >= 0.3 is 0 Å². The van der Waals surface area contributed by atoms with E-state index in [-0.39, 0.29) is 5.78 Å². The molecular formula is C13H10BrNOS. The third-order valence-electron chi connectivity index (χ3n) is 2.49. The van der Waals surface area contributed by atoms with Gasteiger partial charge in [-0.1, -0.05) is 40.3 Å². The van der Waals surface area contributed by atoms with Crippen molar-refractivity contribution in [2.24, 2.45) is 0 Å². The Morgan fingerprint density at radius 1 is 1.47 bits per heavy atom. The maximum absolute atomic E-state index is 11.7. The first kappa shape index (κ1) is 12.3. The molecule has 0 aliphatic heterocycles. The lowest BCUT2D eigenvalue weighted by molar-refractivity contribution is -0.112. The molecule has 0 saturated carbocycles. The number of Topliss-reactive ketones (excluding diaryl/α,β-unsaturated/α-hetero) is 1. The van der Waals surface area contributed by atoms with E-state index in [1.165, 1.54) is 0 Å².